The minimum Gasteiger partial charge on any atom is -0.352 e. The van der Waals surface area contributed by atoms with Crippen LogP contribution < -0.4 is 10.6 Å². The lowest BCUT2D eigenvalue weighted by molar-refractivity contribution is -0.124. The SMILES string of the molecule is CC1CCNC1C(=O)NC1CCCC(C)(C)C1. The van der Waals surface area contributed by atoms with Crippen molar-refractivity contribution < 1.29 is 4.79 Å². The normalized spacial score (nSPS) is 36.8. The largest absolute Gasteiger partial charge is 0.352 e. The van der Waals surface area contributed by atoms with Crippen molar-refractivity contribution in [2.45, 2.75) is 65.0 Å². The molecule has 1 aliphatic heterocycles. The molecule has 1 saturated heterocycles. The van der Waals surface area contributed by atoms with Crippen molar-refractivity contribution >= 4 is 5.91 Å². The van der Waals surface area contributed by atoms with E-state index in [1.165, 1.54) is 12.8 Å². The average Bonchev–Trinajstić information content (AvgIpc) is 2.62. The molecule has 2 rings (SSSR count). The van der Waals surface area contributed by atoms with Crippen LogP contribution in [-0.2, 0) is 4.79 Å². The van der Waals surface area contributed by atoms with Crippen LogP contribution in [-0.4, -0.2) is 24.5 Å². The van der Waals surface area contributed by atoms with Gasteiger partial charge < -0.3 is 10.6 Å². The highest BCUT2D eigenvalue weighted by atomic mass is 16.2. The number of hydrogen-bond acceptors (Lipinski definition) is 2. The number of hydrogen-bond donors (Lipinski definition) is 2. The molecule has 1 saturated carbocycles. The maximum atomic E-state index is 12.2. The minimum absolute atomic E-state index is 0.0417. The van der Waals surface area contributed by atoms with Crippen molar-refractivity contribution in [3.8, 4) is 0 Å². The van der Waals surface area contributed by atoms with Gasteiger partial charge in [0.05, 0.1) is 6.04 Å². The van der Waals surface area contributed by atoms with Gasteiger partial charge in [0, 0.05) is 6.04 Å². The van der Waals surface area contributed by atoms with Crippen LogP contribution >= 0.6 is 0 Å². The monoisotopic (exact) mass is 238 g/mol. The molecule has 3 heteroatoms. The van der Waals surface area contributed by atoms with Gasteiger partial charge in [-0.15, -0.1) is 0 Å². The number of carbonyl (C=O) groups excluding carboxylic acids is 1. The molecular formula is C14H26N2O. The van der Waals surface area contributed by atoms with Gasteiger partial charge in [-0.1, -0.05) is 27.2 Å². The van der Waals surface area contributed by atoms with Gasteiger partial charge in [-0.3, -0.25) is 4.79 Å². The van der Waals surface area contributed by atoms with Crippen LogP contribution in [0.3, 0.4) is 0 Å². The Labute approximate surface area is 105 Å². The average molecular weight is 238 g/mol. The molecule has 0 aromatic heterocycles. The molecule has 2 N–H and O–H groups in total. The Bertz CT molecular complexity index is 288. The summed E-state index contributed by atoms with van der Waals surface area (Å²) in [4.78, 5) is 12.2. The van der Waals surface area contributed by atoms with Gasteiger partial charge in [0.15, 0.2) is 0 Å². The van der Waals surface area contributed by atoms with Crippen LogP contribution in [0.1, 0.15) is 52.9 Å². The Balaban J connectivity index is 1.86. The van der Waals surface area contributed by atoms with Gasteiger partial charge in [-0.2, -0.15) is 0 Å². The topological polar surface area (TPSA) is 41.1 Å². The van der Waals surface area contributed by atoms with E-state index in [2.05, 4.69) is 31.4 Å². The molecule has 0 aromatic rings. The molecule has 3 unspecified atom stereocenters. The molecule has 0 spiro atoms. The third-order valence-electron chi connectivity index (χ3n) is 4.37. The Morgan fingerprint density at radius 2 is 2.12 bits per heavy atom. The van der Waals surface area contributed by atoms with Gasteiger partial charge in [-0.05, 0) is 43.6 Å². The highest BCUT2D eigenvalue weighted by molar-refractivity contribution is 5.82. The maximum absolute atomic E-state index is 12.2. The van der Waals surface area contributed by atoms with Crippen LogP contribution in [0, 0.1) is 11.3 Å². The molecule has 2 aliphatic rings. The summed E-state index contributed by atoms with van der Waals surface area (Å²) in [6.07, 6.45) is 5.92. The third kappa shape index (κ3) is 3.21. The van der Waals surface area contributed by atoms with Crippen molar-refractivity contribution in [1.82, 2.24) is 10.6 Å². The summed E-state index contributed by atoms with van der Waals surface area (Å²) in [7, 11) is 0. The summed E-state index contributed by atoms with van der Waals surface area (Å²) in [6.45, 7) is 7.76. The summed E-state index contributed by atoms with van der Waals surface area (Å²) in [5, 5.41) is 6.55. The second-order valence-electron chi connectivity index (χ2n) is 6.66. The first-order valence-electron chi connectivity index (χ1n) is 7.02. The fourth-order valence-corrected chi connectivity index (χ4v) is 3.30. The molecule has 17 heavy (non-hydrogen) atoms. The molecule has 3 nitrogen and oxygen atoms in total. The van der Waals surface area contributed by atoms with E-state index >= 15 is 0 Å². The second-order valence-corrected chi connectivity index (χ2v) is 6.66. The van der Waals surface area contributed by atoms with Crippen LogP contribution in [0.25, 0.3) is 0 Å². The zero-order valence-corrected chi connectivity index (χ0v) is 11.4. The lowest BCUT2D eigenvalue weighted by Crippen LogP contribution is -2.49. The number of carbonyl (C=O) groups is 1. The lowest BCUT2D eigenvalue weighted by atomic mass is 9.75. The van der Waals surface area contributed by atoms with Gasteiger partial charge in [0.25, 0.3) is 0 Å². The van der Waals surface area contributed by atoms with Crippen molar-refractivity contribution in [1.29, 1.82) is 0 Å². The second kappa shape index (κ2) is 4.97. The third-order valence-corrected chi connectivity index (χ3v) is 4.37. The summed E-state index contributed by atoms with van der Waals surface area (Å²) in [5.74, 6) is 0.698. The Hall–Kier alpha value is -0.570. The van der Waals surface area contributed by atoms with Gasteiger partial charge in [-0.25, -0.2) is 0 Å². The maximum Gasteiger partial charge on any atom is 0.237 e. The van der Waals surface area contributed by atoms with E-state index in [1.54, 1.807) is 0 Å². The van der Waals surface area contributed by atoms with E-state index in [1.807, 2.05) is 0 Å². The van der Waals surface area contributed by atoms with Gasteiger partial charge in [0.2, 0.25) is 5.91 Å². The molecule has 0 bridgehead atoms. The van der Waals surface area contributed by atoms with Gasteiger partial charge in [0.1, 0.15) is 0 Å². The molecule has 1 heterocycles. The predicted octanol–water partition coefficient (Wildman–Crippen LogP) is 2.07. The van der Waals surface area contributed by atoms with Crippen molar-refractivity contribution in [3.63, 3.8) is 0 Å². The van der Waals surface area contributed by atoms with E-state index in [4.69, 9.17) is 0 Å². The van der Waals surface area contributed by atoms with E-state index in [0.29, 0.717) is 17.4 Å². The standard InChI is InChI=1S/C14H26N2O/c1-10-6-8-15-12(10)13(17)16-11-5-4-7-14(2,3)9-11/h10-12,15H,4-9H2,1-3H3,(H,16,17). The Morgan fingerprint density at radius 1 is 1.35 bits per heavy atom. The molecule has 2 fully saturated rings. The highest BCUT2D eigenvalue weighted by Gasteiger charge is 2.33. The first-order valence-corrected chi connectivity index (χ1v) is 7.02. The zero-order valence-electron chi connectivity index (χ0n) is 11.4. The predicted molar refractivity (Wildman–Crippen MR) is 69.8 cm³/mol. The first-order chi connectivity index (χ1) is 7.98. The summed E-state index contributed by atoms with van der Waals surface area (Å²) < 4.78 is 0. The smallest absolute Gasteiger partial charge is 0.237 e. The van der Waals surface area contributed by atoms with Crippen LogP contribution in [0.15, 0.2) is 0 Å². The molecule has 0 radical (unpaired) electrons. The number of rotatable bonds is 2. The quantitative estimate of drug-likeness (QED) is 0.773. The van der Waals surface area contributed by atoms with Crippen LogP contribution in [0.2, 0.25) is 0 Å². The fourth-order valence-electron chi connectivity index (χ4n) is 3.30. The van der Waals surface area contributed by atoms with Crippen LogP contribution in [0.4, 0.5) is 0 Å². The van der Waals surface area contributed by atoms with Crippen molar-refractivity contribution in [3.05, 3.63) is 0 Å². The van der Waals surface area contributed by atoms with Crippen LogP contribution in [0.5, 0.6) is 0 Å². The molecule has 1 aliphatic carbocycles. The fraction of sp³-hybridized carbons (Fsp3) is 0.929. The Kier molecular flexibility index (Phi) is 3.76. The van der Waals surface area contributed by atoms with E-state index in [0.717, 1.165) is 25.8 Å². The molecular weight excluding hydrogens is 212 g/mol. The summed E-state index contributed by atoms with van der Waals surface area (Å²) >= 11 is 0. The van der Waals surface area contributed by atoms with E-state index in [-0.39, 0.29) is 11.9 Å². The van der Waals surface area contributed by atoms with E-state index in [9.17, 15) is 4.79 Å². The highest BCUT2D eigenvalue weighted by Crippen LogP contribution is 2.35. The zero-order chi connectivity index (χ0) is 12.5. The molecule has 0 aromatic carbocycles. The van der Waals surface area contributed by atoms with E-state index < -0.39 is 0 Å². The van der Waals surface area contributed by atoms with Crippen molar-refractivity contribution in [2.24, 2.45) is 11.3 Å². The van der Waals surface area contributed by atoms with Gasteiger partial charge >= 0.3 is 0 Å². The molecule has 1 amide bonds. The number of amides is 1. The molecule has 98 valence electrons. The first kappa shape index (κ1) is 12.9. The van der Waals surface area contributed by atoms with Crippen molar-refractivity contribution in [2.75, 3.05) is 6.54 Å². The lowest BCUT2D eigenvalue weighted by Gasteiger charge is -2.36. The minimum atomic E-state index is 0.0417. The summed E-state index contributed by atoms with van der Waals surface area (Å²) in [5.41, 5.74) is 0.394. The molecule has 3 atom stereocenters. The number of nitrogens with one attached hydrogen (secondary N) is 2. The Morgan fingerprint density at radius 3 is 2.71 bits per heavy atom. The summed E-state index contributed by atoms with van der Waals surface area (Å²) in [6, 6.07) is 0.431.